The Hall–Kier alpha value is -1.89. The number of hydrogen-bond acceptors (Lipinski definition) is 6. The predicted molar refractivity (Wildman–Crippen MR) is 87.3 cm³/mol. The first-order valence-electron chi connectivity index (χ1n) is 6.69. The van der Waals surface area contributed by atoms with Crippen molar-refractivity contribution in [3.05, 3.63) is 28.2 Å². The van der Waals surface area contributed by atoms with Crippen molar-refractivity contribution in [2.75, 3.05) is 24.3 Å². The summed E-state index contributed by atoms with van der Waals surface area (Å²) >= 11 is 3.45. The molecule has 7 heteroatoms. The van der Waals surface area contributed by atoms with Crippen molar-refractivity contribution in [3.8, 4) is 6.01 Å². The Bertz CT molecular complexity index is 620. The van der Waals surface area contributed by atoms with E-state index in [1.807, 2.05) is 25.1 Å². The molecule has 0 saturated heterocycles. The van der Waals surface area contributed by atoms with Gasteiger partial charge in [0.1, 0.15) is 0 Å². The van der Waals surface area contributed by atoms with E-state index in [4.69, 9.17) is 4.74 Å². The fourth-order valence-electron chi connectivity index (χ4n) is 1.71. The zero-order valence-corrected chi connectivity index (χ0v) is 13.9. The monoisotopic (exact) mass is 351 g/mol. The van der Waals surface area contributed by atoms with Gasteiger partial charge < -0.3 is 15.4 Å². The molecule has 2 rings (SSSR count). The van der Waals surface area contributed by atoms with Crippen molar-refractivity contribution < 1.29 is 4.74 Å². The molecule has 0 aliphatic carbocycles. The number of benzene rings is 1. The highest BCUT2D eigenvalue weighted by molar-refractivity contribution is 9.10. The van der Waals surface area contributed by atoms with Crippen molar-refractivity contribution >= 4 is 33.5 Å². The standard InChI is InChI=1S/C14H18BrN5O/c1-4-7-16-12-18-13(20-14(19-12)21-3)17-11-6-5-10(15)8-9(11)2/h5-6,8H,4,7H2,1-3H3,(H2,16,17,18,19,20). The van der Waals surface area contributed by atoms with Crippen molar-refractivity contribution in [3.63, 3.8) is 0 Å². The minimum atomic E-state index is 0.279. The first-order chi connectivity index (χ1) is 10.1. The summed E-state index contributed by atoms with van der Waals surface area (Å²) in [5.74, 6) is 0.951. The highest BCUT2D eigenvalue weighted by Crippen LogP contribution is 2.23. The van der Waals surface area contributed by atoms with Crippen LogP contribution >= 0.6 is 15.9 Å². The molecule has 0 radical (unpaired) electrons. The zero-order chi connectivity index (χ0) is 15.2. The second kappa shape index (κ2) is 7.21. The fraction of sp³-hybridized carbons (Fsp3) is 0.357. The molecule has 0 fully saturated rings. The number of nitrogens with one attached hydrogen (secondary N) is 2. The molecule has 0 atom stereocenters. The molecule has 0 unspecified atom stereocenters. The molecular weight excluding hydrogens is 334 g/mol. The third-order valence-corrected chi connectivity index (χ3v) is 3.26. The van der Waals surface area contributed by atoms with E-state index >= 15 is 0 Å². The molecule has 0 aliphatic heterocycles. The number of nitrogens with zero attached hydrogens (tertiary/aromatic N) is 3. The fourth-order valence-corrected chi connectivity index (χ4v) is 2.18. The minimum absolute atomic E-state index is 0.279. The normalized spacial score (nSPS) is 10.3. The molecule has 0 aliphatic rings. The van der Waals surface area contributed by atoms with Crippen LogP contribution < -0.4 is 15.4 Å². The highest BCUT2D eigenvalue weighted by atomic mass is 79.9. The molecule has 112 valence electrons. The Balaban J connectivity index is 2.25. The molecular formula is C14H18BrN5O. The van der Waals surface area contributed by atoms with Gasteiger partial charge in [-0.2, -0.15) is 15.0 Å². The minimum Gasteiger partial charge on any atom is -0.467 e. The summed E-state index contributed by atoms with van der Waals surface area (Å²) in [6.45, 7) is 4.89. The average Bonchev–Trinajstić information content (AvgIpc) is 2.48. The predicted octanol–water partition coefficient (Wildman–Crippen LogP) is 3.52. The molecule has 0 spiro atoms. The second-order valence-electron chi connectivity index (χ2n) is 4.48. The number of aryl methyl sites for hydroxylation is 1. The first-order valence-corrected chi connectivity index (χ1v) is 7.48. The SMILES string of the molecule is CCCNc1nc(Nc2ccc(Br)cc2C)nc(OC)n1. The van der Waals surface area contributed by atoms with Crippen LogP contribution in [-0.4, -0.2) is 28.6 Å². The Labute approximate surface area is 132 Å². The van der Waals surface area contributed by atoms with E-state index in [0.29, 0.717) is 11.9 Å². The maximum absolute atomic E-state index is 5.11. The lowest BCUT2D eigenvalue weighted by atomic mass is 10.2. The van der Waals surface area contributed by atoms with Crippen molar-refractivity contribution in [1.29, 1.82) is 0 Å². The second-order valence-corrected chi connectivity index (χ2v) is 5.40. The van der Waals surface area contributed by atoms with Gasteiger partial charge in [0, 0.05) is 16.7 Å². The summed E-state index contributed by atoms with van der Waals surface area (Å²) in [4.78, 5) is 12.7. The van der Waals surface area contributed by atoms with Crippen LogP contribution in [0.1, 0.15) is 18.9 Å². The molecule has 2 N–H and O–H groups in total. The van der Waals surface area contributed by atoms with E-state index < -0.39 is 0 Å². The van der Waals surface area contributed by atoms with E-state index in [-0.39, 0.29) is 6.01 Å². The van der Waals surface area contributed by atoms with Gasteiger partial charge in [-0.15, -0.1) is 0 Å². The van der Waals surface area contributed by atoms with E-state index in [9.17, 15) is 0 Å². The lowest BCUT2D eigenvalue weighted by Crippen LogP contribution is -2.09. The number of aromatic nitrogens is 3. The Morgan fingerprint density at radius 3 is 2.62 bits per heavy atom. The van der Waals surface area contributed by atoms with E-state index in [2.05, 4.69) is 48.4 Å². The van der Waals surface area contributed by atoms with Crippen molar-refractivity contribution in [1.82, 2.24) is 15.0 Å². The van der Waals surface area contributed by atoms with Crippen LogP contribution in [0, 0.1) is 6.92 Å². The molecule has 0 bridgehead atoms. The quantitative estimate of drug-likeness (QED) is 0.829. The van der Waals surface area contributed by atoms with Gasteiger partial charge in [0.25, 0.3) is 0 Å². The van der Waals surface area contributed by atoms with Crippen LogP contribution in [-0.2, 0) is 0 Å². The summed E-state index contributed by atoms with van der Waals surface area (Å²) in [7, 11) is 1.54. The van der Waals surface area contributed by atoms with Crippen molar-refractivity contribution in [2.45, 2.75) is 20.3 Å². The molecule has 1 aromatic carbocycles. The number of anilines is 3. The highest BCUT2D eigenvalue weighted by Gasteiger charge is 2.08. The Morgan fingerprint density at radius 1 is 1.19 bits per heavy atom. The third-order valence-electron chi connectivity index (χ3n) is 2.77. The molecule has 0 amide bonds. The van der Waals surface area contributed by atoms with Crippen LogP contribution in [0.2, 0.25) is 0 Å². The first kappa shape index (κ1) is 15.5. The lowest BCUT2D eigenvalue weighted by Gasteiger charge is -2.11. The van der Waals surface area contributed by atoms with Gasteiger partial charge in [0.05, 0.1) is 7.11 Å². The molecule has 1 aromatic heterocycles. The van der Waals surface area contributed by atoms with E-state index in [1.54, 1.807) is 0 Å². The number of rotatable bonds is 6. The van der Waals surface area contributed by atoms with Gasteiger partial charge >= 0.3 is 6.01 Å². The third kappa shape index (κ3) is 4.29. The molecule has 21 heavy (non-hydrogen) atoms. The Morgan fingerprint density at radius 2 is 1.95 bits per heavy atom. The van der Waals surface area contributed by atoms with Gasteiger partial charge in [-0.3, -0.25) is 0 Å². The Kier molecular flexibility index (Phi) is 5.32. The van der Waals surface area contributed by atoms with Crippen LogP contribution in [0.15, 0.2) is 22.7 Å². The topological polar surface area (TPSA) is 72.0 Å². The number of methoxy groups -OCH3 is 1. The van der Waals surface area contributed by atoms with Crippen LogP contribution in [0.4, 0.5) is 17.6 Å². The van der Waals surface area contributed by atoms with Crippen LogP contribution in [0.3, 0.4) is 0 Å². The largest absolute Gasteiger partial charge is 0.467 e. The average molecular weight is 352 g/mol. The smallest absolute Gasteiger partial charge is 0.322 e. The van der Waals surface area contributed by atoms with Gasteiger partial charge in [-0.25, -0.2) is 0 Å². The number of halogens is 1. The van der Waals surface area contributed by atoms with Gasteiger partial charge in [0.15, 0.2) is 0 Å². The van der Waals surface area contributed by atoms with E-state index in [0.717, 1.165) is 28.7 Å². The number of hydrogen-bond donors (Lipinski definition) is 2. The van der Waals surface area contributed by atoms with Gasteiger partial charge in [-0.05, 0) is 37.1 Å². The van der Waals surface area contributed by atoms with Crippen molar-refractivity contribution in [2.24, 2.45) is 0 Å². The summed E-state index contributed by atoms with van der Waals surface area (Å²) < 4.78 is 6.14. The summed E-state index contributed by atoms with van der Waals surface area (Å²) in [5.41, 5.74) is 2.03. The summed E-state index contributed by atoms with van der Waals surface area (Å²) in [6.07, 6.45) is 0.989. The molecule has 1 heterocycles. The summed E-state index contributed by atoms with van der Waals surface area (Å²) in [6, 6.07) is 6.23. The molecule has 6 nitrogen and oxygen atoms in total. The number of ether oxygens (including phenoxy) is 1. The lowest BCUT2D eigenvalue weighted by molar-refractivity contribution is 0.379. The zero-order valence-electron chi connectivity index (χ0n) is 12.3. The molecule has 2 aromatic rings. The van der Waals surface area contributed by atoms with Crippen LogP contribution in [0.25, 0.3) is 0 Å². The summed E-state index contributed by atoms with van der Waals surface area (Å²) in [5, 5.41) is 6.32. The maximum Gasteiger partial charge on any atom is 0.322 e. The van der Waals surface area contributed by atoms with Gasteiger partial charge in [0.2, 0.25) is 11.9 Å². The van der Waals surface area contributed by atoms with Gasteiger partial charge in [-0.1, -0.05) is 22.9 Å². The van der Waals surface area contributed by atoms with E-state index in [1.165, 1.54) is 7.11 Å². The molecule has 0 saturated carbocycles. The maximum atomic E-state index is 5.11. The van der Waals surface area contributed by atoms with Crippen LogP contribution in [0.5, 0.6) is 6.01 Å².